The molecule has 0 amide bonds. The van der Waals surface area contributed by atoms with Crippen LogP contribution in [-0.2, 0) is 0 Å². The Labute approximate surface area is 357 Å². The normalized spacial score (nSPS) is 12.2. The summed E-state index contributed by atoms with van der Waals surface area (Å²) in [6.07, 6.45) is 0. The summed E-state index contributed by atoms with van der Waals surface area (Å²) in [4.78, 5) is 0. The maximum Gasteiger partial charge on any atom is 0.0619 e. The fraction of sp³-hybridized carbons (Fsp3) is 0. The molecule has 0 N–H and O–H groups in total. The molecule has 0 atom stereocenters. The highest BCUT2D eigenvalue weighted by molar-refractivity contribution is 6.26. The Hall–Kier alpha value is -8.20. The second kappa shape index (κ2) is 12.7. The van der Waals surface area contributed by atoms with Gasteiger partial charge < -0.3 is 9.13 Å². The monoisotopic (exact) mass is 784 g/mol. The van der Waals surface area contributed by atoms with Gasteiger partial charge in [-0.15, -0.1) is 0 Å². The van der Waals surface area contributed by atoms with E-state index in [0.717, 1.165) is 11.4 Å². The Kier molecular flexibility index (Phi) is 6.86. The van der Waals surface area contributed by atoms with Crippen molar-refractivity contribution in [3.05, 3.63) is 218 Å². The smallest absolute Gasteiger partial charge is 0.0619 e. The SMILES string of the molecule is c1ccc(-n2c3cc4ccccc4cc3c3cccc(-c4cc5ccc6cc(-c7cccc8c9cc%10ccccc%10cc9n(-c9ccccc9)c78)cc7ccc(c4)c5c67)c32)cc1. The number of rotatable bonds is 4. The van der Waals surface area contributed by atoms with Crippen molar-refractivity contribution in [2.24, 2.45) is 0 Å². The molecule has 286 valence electrons. The average Bonchev–Trinajstić information content (AvgIpc) is 3.83. The maximum atomic E-state index is 2.47. The molecule has 12 aromatic carbocycles. The topological polar surface area (TPSA) is 9.86 Å². The van der Waals surface area contributed by atoms with E-state index in [0.29, 0.717) is 0 Å². The zero-order chi connectivity index (χ0) is 40.5. The number of fused-ring (bicyclic) bond motifs is 8. The minimum absolute atomic E-state index is 1.16. The second-order valence-electron chi connectivity index (χ2n) is 16.9. The van der Waals surface area contributed by atoms with Crippen molar-refractivity contribution < 1.29 is 0 Å². The predicted octanol–water partition coefficient (Wildman–Crippen LogP) is 16.4. The van der Waals surface area contributed by atoms with Gasteiger partial charge in [0.05, 0.1) is 22.1 Å². The summed E-state index contributed by atoms with van der Waals surface area (Å²) in [5.74, 6) is 0. The summed E-state index contributed by atoms with van der Waals surface area (Å²) in [6.45, 7) is 0. The van der Waals surface area contributed by atoms with E-state index >= 15 is 0 Å². The zero-order valence-electron chi connectivity index (χ0n) is 33.7. The van der Waals surface area contributed by atoms with E-state index in [4.69, 9.17) is 0 Å². The minimum atomic E-state index is 1.16. The Bertz CT molecular complexity index is 3800. The third kappa shape index (κ3) is 4.75. The average molecular weight is 785 g/mol. The molecule has 0 radical (unpaired) electrons. The van der Waals surface area contributed by atoms with Crippen molar-refractivity contribution in [2.45, 2.75) is 0 Å². The van der Waals surface area contributed by atoms with Crippen LogP contribution >= 0.6 is 0 Å². The van der Waals surface area contributed by atoms with Crippen molar-refractivity contribution in [3.63, 3.8) is 0 Å². The van der Waals surface area contributed by atoms with E-state index < -0.39 is 0 Å². The van der Waals surface area contributed by atoms with E-state index in [-0.39, 0.29) is 0 Å². The quantitative estimate of drug-likeness (QED) is 0.157. The summed E-state index contributed by atoms with van der Waals surface area (Å²) in [5.41, 5.74) is 12.1. The molecule has 0 aliphatic carbocycles. The molecule has 0 aliphatic heterocycles. The van der Waals surface area contributed by atoms with Gasteiger partial charge in [0.15, 0.2) is 0 Å². The highest BCUT2D eigenvalue weighted by atomic mass is 15.0. The van der Waals surface area contributed by atoms with Crippen LogP contribution in [0.15, 0.2) is 218 Å². The van der Waals surface area contributed by atoms with Gasteiger partial charge in [0.25, 0.3) is 0 Å². The first kappa shape index (κ1) is 33.6. The molecule has 0 fully saturated rings. The molecule has 62 heavy (non-hydrogen) atoms. The van der Waals surface area contributed by atoms with Crippen LogP contribution < -0.4 is 0 Å². The van der Waals surface area contributed by atoms with Gasteiger partial charge in [0.1, 0.15) is 0 Å². The fourth-order valence-electron chi connectivity index (χ4n) is 10.8. The molecular formula is C60H36N2. The lowest BCUT2D eigenvalue weighted by molar-refractivity contribution is 1.18. The molecule has 0 spiro atoms. The first-order valence-electron chi connectivity index (χ1n) is 21.5. The van der Waals surface area contributed by atoms with Crippen molar-refractivity contribution >= 4 is 97.5 Å². The molecule has 2 aromatic heterocycles. The number of benzene rings is 12. The van der Waals surface area contributed by atoms with Gasteiger partial charge in [-0.2, -0.15) is 0 Å². The van der Waals surface area contributed by atoms with Crippen LogP contribution in [0.2, 0.25) is 0 Å². The number of hydrogen-bond donors (Lipinski definition) is 0. The molecule has 0 unspecified atom stereocenters. The van der Waals surface area contributed by atoms with Gasteiger partial charge in [0, 0.05) is 44.0 Å². The molecule has 0 aliphatic rings. The molecule has 14 rings (SSSR count). The number of hydrogen-bond acceptors (Lipinski definition) is 0. The van der Waals surface area contributed by atoms with Crippen LogP contribution in [0.5, 0.6) is 0 Å². The van der Waals surface area contributed by atoms with Gasteiger partial charge in [-0.05, 0) is 138 Å². The highest BCUT2D eigenvalue weighted by Gasteiger charge is 2.21. The number of aromatic nitrogens is 2. The molecule has 2 heterocycles. The van der Waals surface area contributed by atoms with Crippen LogP contribution in [0.3, 0.4) is 0 Å². The van der Waals surface area contributed by atoms with Crippen molar-refractivity contribution in [1.29, 1.82) is 0 Å². The molecule has 0 bridgehead atoms. The van der Waals surface area contributed by atoms with E-state index in [1.807, 2.05) is 0 Å². The van der Waals surface area contributed by atoms with Crippen molar-refractivity contribution in [2.75, 3.05) is 0 Å². The standard InChI is InChI=1S/C60H36N2/c1-3-17-47(18-4-1)61-55-35-39-15-9-7-13-37(39)33-53(55)51-23-11-21-49(59(51)61)45-29-41-25-27-43-31-46(32-44-28-26-42(30-45)57(41)58(43)44)50-22-12-24-52-54-34-38-14-8-10-16-40(38)36-56(54)62(60(50)52)48-19-5-2-6-20-48/h1-36H. The van der Waals surface area contributed by atoms with Gasteiger partial charge in [-0.3, -0.25) is 0 Å². The first-order chi connectivity index (χ1) is 30.7. The Morgan fingerprint density at radius 1 is 0.242 bits per heavy atom. The lowest BCUT2D eigenvalue weighted by Gasteiger charge is -2.17. The van der Waals surface area contributed by atoms with E-state index in [9.17, 15) is 0 Å². The largest absolute Gasteiger partial charge is 0.309 e. The third-order valence-corrected chi connectivity index (χ3v) is 13.5. The lowest BCUT2D eigenvalue weighted by Crippen LogP contribution is -1.96. The van der Waals surface area contributed by atoms with Crippen molar-refractivity contribution in [1.82, 2.24) is 9.13 Å². The van der Waals surface area contributed by atoms with E-state index in [1.165, 1.54) is 120 Å². The summed E-state index contributed by atoms with van der Waals surface area (Å²) in [6, 6.07) is 81.2. The lowest BCUT2D eigenvalue weighted by atomic mass is 9.89. The number of nitrogens with zero attached hydrogens (tertiary/aromatic N) is 2. The van der Waals surface area contributed by atoms with E-state index in [2.05, 4.69) is 228 Å². The Balaban J connectivity index is 0.985. The third-order valence-electron chi connectivity index (χ3n) is 13.5. The second-order valence-corrected chi connectivity index (χ2v) is 16.9. The van der Waals surface area contributed by atoms with E-state index in [1.54, 1.807) is 0 Å². The van der Waals surface area contributed by atoms with Gasteiger partial charge >= 0.3 is 0 Å². The van der Waals surface area contributed by atoms with Gasteiger partial charge in [-0.25, -0.2) is 0 Å². The molecule has 0 saturated heterocycles. The molecule has 2 heteroatoms. The molecular weight excluding hydrogens is 749 g/mol. The van der Waals surface area contributed by atoms with Crippen LogP contribution in [0.1, 0.15) is 0 Å². The van der Waals surface area contributed by atoms with Crippen LogP contribution in [-0.4, -0.2) is 9.13 Å². The number of para-hydroxylation sites is 4. The molecule has 14 aromatic rings. The molecule has 2 nitrogen and oxygen atoms in total. The first-order valence-corrected chi connectivity index (χ1v) is 21.5. The summed E-state index contributed by atoms with van der Waals surface area (Å²) < 4.78 is 4.94. The van der Waals surface area contributed by atoms with Gasteiger partial charge in [-0.1, -0.05) is 146 Å². The summed E-state index contributed by atoms with van der Waals surface area (Å²) in [5, 5.41) is 17.7. The highest BCUT2D eigenvalue weighted by Crippen LogP contribution is 2.45. The van der Waals surface area contributed by atoms with Crippen LogP contribution in [0.25, 0.3) is 131 Å². The summed E-state index contributed by atoms with van der Waals surface area (Å²) >= 11 is 0. The van der Waals surface area contributed by atoms with Crippen LogP contribution in [0, 0.1) is 0 Å². The Morgan fingerprint density at radius 3 is 0.984 bits per heavy atom. The fourth-order valence-corrected chi connectivity index (χ4v) is 10.8. The van der Waals surface area contributed by atoms with Gasteiger partial charge in [0.2, 0.25) is 0 Å². The summed E-state index contributed by atoms with van der Waals surface area (Å²) in [7, 11) is 0. The van der Waals surface area contributed by atoms with Crippen LogP contribution in [0.4, 0.5) is 0 Å². The molecule has 0 saturated carbocycles. The van der Waals surface area contributed by atoms with Crippen molar-refractivity contribution in [3.8, 4) is 33.6 Å². The zero-order valence-corrected chi connectivity index (χ0v) is 33.7. The maximum absolute atomic E-state index is 2.47. The predicted molar refractivity (Wildman–Crippen MR) is 265 cm³/mol. The Morgan fingerprint density at radius 2 is 0.597 bits per heavy atom. The minimum Gasteiger partial charge on any atom is -0.309 e.